The SMILES string of the molecule is c1cnc(-c2nccc(N3CCc4ccccc4C3)n2)nc1. The predicted octanol–water partition coefficient (Wildman–Crippen LogP) is 2.50. The molecule has 22 heavy (non-hydrogen) atoms. The highest BCUT2D eigenvalue weighted by Gasteiger charge is 2.17. The fraction of sp³-hybridized carbons (Fsp3) is 0.176. The van der Waals surface area contributed by atoms with Gasteiger partial charge in [-0.3, -0.25) is 0 Å². The van der Waals surface area contributed by atoms with E-state index in [2.05, 4.69) is 49.1 Å². The molecular weight excluding hydrogens is 274 g/mol. The fourth-order valence-corrected chi connectivity index (χ4v) is 2.74. The van der Waals surface area contributed by atoms with Crippen LogP contribution in [0.25, 0.3) is 11.6 Å². The standard InChI is InChI=1S/C17H15N5/c1-2-5-14-12-22(11-7-13(14)4-1)15-6-10-20-17(21-15)16-18-8-3-9-19-16/h1-6,8-10H,7,11-12H2. The average Bonchev–Trinajstić information content (AvgIpc) is 2.62. The summed E-state index contributed by atoms with van der Waals surface area (Å²) in [6.45, 7) is 1.84. The highest BCUT2D eigenvalue weighted by molar-refractivity contribution is 5.50. The third kappa shape index (κ3) is 2.41. The van der Waals surface area contributed by atoms with Gasteiger partial charge in [0.1, 0.15) is 5.82 Å². The summed E-state index contributed by atoms with van der Waals surface area (Å²) in [7, 11) is 0. The molecule has 0 unspecified atom stereocenters. The second-order valence-electron chi connectivity index (χ2n) is 5.25. The van der Waals surface area contributed by atoms with Gasteiger partial charge in [0.05, 0.1) is 0 Å². The van der Waals surface area contributed by atoms with Crippen LogP contribution in [0.15, 0.2) is 55.0 Å². The van der Waals surface area contributed by atoms with Crippen molar-refractivity contribution in [2.45, 2.75) is 13.0 Å². The monoisotopic (exact) mass is 289 g/mol. The van der Waals surface area contributed by atoms with Gasteiger partial charge < -0.3 is 4.90 Å². The Morgan fingerprint density at radius 3 is 2.41 bits per heavy atom. The van der Waals surface area contributed by atoms with E-state index in [1.165, 1.54) is 11.1 Å². The van der Waals surface area contributed by atoms with Crippen LogP contribution in [0.5, 0.6) is 0 Å². The van der Waals surface area contributed by atoms with Crippen molar-refractivity contribution in [2.24, 2.45) is 0 Å². The Bertz CT molecular complexity index is 788. The van der Waals surface area contributed by atoms with Crippen molar-refractivity contribution in [3.05, 3.63) is 66.1 Å². The summed E-state index contributed by atoms with van der Waals surface area (Å²) >= 11 is 0. The van der Waals surface area contributed by atoms with Crippen molar-refractivity contribution in [1.82, 2.24) is 19.9 Å². The molecule has 1 aromatic carbocycles. The second kappa shape index (κ2) is 5.52. The van der Waals surface area contributed by atoms with E-state index in [1.54, 1.807) is 24.7 Å². The first kappa shape index (κ1) is 12.9. The Hall–Kier alpha value is -2.82. The van der Waals surface area contributed by atoms with Crippen LogP contribution in [0.2, 0.25) is 0 Å². The summed E-state index contributed by atoms with van der Waals surface area (Å²) < 4.78 is 0. The van der Waals surface area contributed by atoms with Crippen LogP contribution >= 0.6 is 0 Å². The summed E-state index contributed by atoms with van der Waals surface area (Å²) in [6.07, 6.45) is 6.22. The third-order valence-electron chi connectivity index (χ3n) is 3.86. The molecule has 4 rings (SSSR count). The van der Waals surface area contributed by atoms with Crippen LogP contribution < -0.4 is 4.90 Å². The van der Waals surface area contributed by atoms with E-state index in [0.717, 1.165) is 25.3 Å². The Balaban J connectivity index is 1.64. The summed E-state index contributed by atoms with van der Waals surface area (Å²) in [5, 5.41) is 0. The van der Waals surface area contributed by atoms with Gasteiger partial charge in [-0.15, -0.1) is 0 Å². The molecule has 0 amide bonds. The first-order valence-electron chi connectivity index (χ1n) is 7.32. The third-order valence-corrected chi connectivity index (χ3v) is 3.86. The second-order valence-corrected chi connectivity index (χ2v) is 5.25. The van der Waals surface area contributed by atoms with Gasteiger partial charge in [-0.05, 0) is 29.7 Å². The van der Waals surface area contributed by atoms with Crippen molar-refractivity contribution in [1.29, 1.82) is 0 Å². The molecule has 3 heterocycles. The Morgan fingerprint density at radius 1 is 0.773 bits per heavy atom. The Kier molecular flexibility index (Phi) is 3.23. The van der Waals surface area contributed by atoms with E-state index in [-0.39, 0.29) is 0 Å². The quantitative estimate of drug-likeness (QED) is 0.725. The highest BCUT2D eigenvalue weighted by atomic mass is 15.2. The number of fused-ring (bicyclic) bond motifs is 1. The first-order chi connectivity index (χ1) is 10.9. The lowest BCUT2D eigenvalue weighted by Crippen LogP contribution is -2.31. The number of hydrogen-bond donors (Lipinski definition) is 0. The number of hydrogen-bond acceptors (Lipinski definition) is 5. The van der Waals surface area contributed by atoms with E-state index in [4.69, 9.17) is 0 Å². The van der Waals surface area contributed by atoms with Gasteiger partial charge in [0.15, 0.2) is 11.6 Å². The molecule has 3 aromatic rings. The minimum atomic E-state index is 0.557. The first-order valence-corrected chi connectivity index (χ1v) is 7.32. The lowest BCUT2D eigenvalue weighted by atomic mass is 10.00. The number of aromatic nitrogens is 4. The Morgan fingerprint density at radius 2 is 1.55 bits per heavy atom. The van der Waals surface area contributed by atoms with Gasteiger partial charge in [0.25, 0.3) is 0 Å². The van der Waals surface area contributed by atoms with Gasteiger partial charge in [0.2, 0.25) is 0 Å². The molecule has 0 bridgehead atoms. The van der Waals surface area contributed by atoms with Crippen molar-refractivity contribution < 1.29 is 0 Å². The van der Waals surface area contributed by atoms with E-state index >= 15 is 0 Å². The lowest BCUT2D eigenvalue weighted by Gasteiger charge is -2.29. The van der Waals surface area contributed by atoms with E-state index in [1.807, 2.05) is 6.07 Å². The molecule has 1 aliphatic heterocycles. The molecule has 0 aliphatic carbocycles. The predicted molar refractivity (Wildman–Crippen MR) is 84.3 cm³/mol. The molecule has 0 atom stereocenters. The smallest absolute Gasteiger partial charge is 0.199 e. The lowest BCUT2D eigenvalue weighted by molar-refractivity contribution is 0.719. The van der Waals surface area contributed by atoms with Gasteiger partial charge >= 0.3 is 0 Å². The molecule has 5 nitrogen and oxygen atoms in total. The van der Waals surface area contributed by atoms with Crippen molar-refractivity contribution in [3.63, 3.8) is 0 Å². The minimum Gasteiger partial charge on any atom is -0.352 e. The number of anilines is 1. The van der Waals surface area contributed by atoms with Crippen LogP contribution in [0.4, 0.5) is 5.82 Å². The molecule has 0 spiro atoms. The van der Waals surface area contributed by atoms with Crippen LogP contribution in [0, 0.1) is 0 Å². The van der Waals surface area contributed by atoms with E-state index in [0.29, 0.717) is 11.6 Å². The largest absolute Gasteiger partial charge is 0.352 e. The molecular formula is C17H15N5. The molecule has 0 saturated carbocycles. The molecule has 2 aromatic heterocycles. The fourth-order valence-electron chi connectivity index (χ4n) is 2.74. The molecule has 108 valence electrons. The molecule has 0 N–H and O–H groups in total. The zero-order chi connectivity index (χ0) is 14.8. The zero-order valence-corrected chi connectivity index (χ0v) is 12.1. The molecule has 1 aliphatic rings. The van der Waals surface area contributed by atoms with Gasteiger partial charge in [-0.25, -0.2) is 19.9 Å². The molecule has 0 saturated heterocycles. The Labute approximate surface area is 128 Å². The van der Waals surface area contributed by atoms with E-state index in [9.17, 15) is 0 Å². The summed E-state index contributed by atoms with van der Waals surface area (Å²) in [5.74, 6) is 2.05. The summed E-state index contributed by atoms with van der Waals surface area (Å²) in [6, 6.07) is 12.3. The van der Waals surface area contributed by atoms with Gasteiger partial charge in [-0.2, -0.15) is 0 Å². The summed E-state index contributed by atoms with van der Waals surface area (Å²) in [5.41, 5.74) is 2.80. The van der Waals surface area contributed by atoms with Crippen LogP contribution in [0.3, 0.4) is 0 Å². The highest BCUT2D eigenvalue weighted by Crippen LogP contribution is 2.23. The topological polar surface area (TPSA) is 54.8 Å². The number of benzene rings is 1. The van der Waals surface area contributed by atoms with Crippen molar-refractivity contribution in [3.8, 4) is 11.6 Å². The minimum absolute atomic E-state index is 0.557. The average molecular weight is 289 g/mol. The zero-order valence-electron chi connectivity index (χ0n) is 12.1. The van der Waals surface area contributed by atoms with Crippen molar-refractivity contribution >= 4 is 5.82 Å². The van der Waals surface area contributed by atoms with Crippen LogP contribution in [-0.2, 0) is 13.0 Å². The van der Waals surface area contributed by atoms with Crippen LogP contribution in [0.1, 0.15) is 11.1 Å². The molecule has 5 heteroatoms. The van der Waals surface area contributed by atoms with Gasteiger partial charge in [0, 0.05) is 31.7 Å². The summed E-state index contributed by atoms with van der Waals surface area (Å²) in [4.78, 5) is 19.6. The van der Waals surface area contributed by atoms with Crippen molar-refractivity contribution in [2.75, 3.05) is 11.4 Å². The number of rotatable bonds is 2. The van der Waals surface area contributed by atoms with Gasteiger partial charge in [-0.1, -0.05) is 24.3 Å². The number of nitrogens with zero attached hydrogens (tertiary/aromatic N) is 5. The maximum Gasteiger partial charge on any atom is 0.199 e. The van der Waals surface area contributed by atoms with E-state index < -0.39 is 0 Å². The normalized spacial score (nSPS) is 13.7. The van der Waals surface area contributed by atoms with Crippen LogP contribution in [-0.4, -0.2) is 26.5 Å². The maximum atomic E-state index is 4.63. The molecule has 0 fully saturated rings. The molecule has 0 radical (unpaired) electrons. The maximum absolute atomic E-state index is 4.63.